The first-order valence-electron chi connectivity index (χ1n) is 10.7. The summed E-state index contributed by atoms with van der Waals surface area (Å²) in [6.45, 7) is 6.99. The number of ether oxygens (including phenoxy) is 1. The van der Waals surface area contributed by atoms with Gasteiger partial charge in [0.05, 0.1) is 11.1 Å². The summed E-state index contributed by atoms with van der Waals surface area (Å²) in [5.74, 6) is -0.193. The van der Waals surface area contributed by atoms with E-state index in [9.17, 15) is 9.18 Å². The lowest BCUT2D eigenvalue weighted by atomic mass is 9.74. The van der Waals surface area contributed by atoms with Gasteiger partial charge in [-0.3, -0.25) is 4.79 Å². The van der Waals surface area contributed by atoms with E-state index in [1.54, 1.807) is 12.1 Å². The minimum Gasteiger partial charge on any atom is -0.392 e. The van der Waals surface area contributed by atoms with Crippen molar-refractivity contribution >= 4 is 11.6 Å². The van der Waals surface area contributed by atoms with Gasteiger partial charge in [-0.05, 0) is 50.0 Å². The first-order chi connectivity index (χ1) is 14.2. The van der Waals surface area contributed by atoms with Crippen LogP contribution in [0.25, 0.3) is 0 Å². The molecule has 3 rings (SSSR count). The summed E-state index contributed by atoms with van der Waals surface area (Å²) in [6.07, 6.45) is 2.42. The number of carbonyl (C=O) groups is 1. The van der Waals surface area contributed by atoms with Crippen molar-refractivity contribution in [3.63, 3.8) is 0 Å². The fourth-order valence-corrected chi connectivity index (χ4v) is 4.49. The summed E-state index contributed by atoms with van der Waals surface area (Å²) in [6, 6.07) is 6.27. The molecular formula is C23H34FN3O3. The molecule has 1 aromatic carbocycles. The van der Waals surface area contributed by atoms with E-state index in [0.29, 0.717) is 45.4 Å². The van der Waals surface area contributed by atoms with Gasteiger partial charge in [0, 0.05) is 39.1 Å². The molecule has 2 aliphatic rings. The Morgan fingerprint density at radius 3 is 2.57 bits per heavy atom. The lowest BCUT2D eigenvalue weighted by Gasteiger charge is -2.38. The molecule has 7 heteroatoms. The number of nitrogens with zero attached hydrogens (tertiary/aromatic N) is 2. The Labute approximate surface area is 178 Å². The Morgan fingerprint density at radius 1 is 1.27 bits per heavy atom. The van der Waals surface area contributed by atoms with Crippen LogP contribution in [0.15, 0.2) is 29.4 Å². The second kappa shape index (κ2) is 9.43. The van der Waals surface area contributed by atoms with E-state index in [1.807, 2.05) is 14.1 Å². The highest BCUT2D eigenvalue weighted by molar-refractivity contribution is 6.01. The number of halogens is 1. The van der Waals surface area contributed by atoms with Crippen molar-refractivity contribution in [1.82, 2.24) is 10.2 Å². The van der Waals surface area contributed by atoms with Gasteiger partial charge in [0.1, 0.15) is 11.9 Å². The third-order valence-corrected chi connectivity index (χ3v) is 5.93. The Kier molecular flexibility index (Phi) is 7.14. The average Bonchev–Trinajstić information content (AvgIpc) is 3.14. The van der Waals surface area contributed by atoms with E-state index >= 15 is 0 Å². The van der Waals surface area contributed by atoms with Gasteiger partial charge in [-0.1, -0.05) is 31.1 Å². The number of hydrogen-bond acceptors (Lipinski definition) is 5. The summed E-state index contributed by atoms with van der Waals surface area (Å²) in [5, 5.41) is 7.42. The maximum absolute atomic E-state index is 13.3. The Hall–Kier alpha value is -1.99. The van der Waals surface area contributed by atoms with Crippen LogP contribution in [-0.4, -0.2) is 63.0 Å². The molecule has 30 heavy (non-hydrogen) atoms. The molecular weight excluding hydrogens is 385 g/mol. The van der Waals surface area contributed by atoms with Crippen molar-refractivity contribution in [2.75, 3.05) is 40.4 Å². The van der Waals surface area contributed by atoms with Crippen LogP contribution in [0.5, 0.6) is 0 Å². The maximum atomic E-state index is 13.3. The molecule has 0 bridgehead atoms. The van der Waals surface area contributed by atoms with Gasteiger partial charge in [-0.2, -0.15) is 0 Å². The lowest BCUT2D eigenvalue weighted by Crippen LogP contribution is -2.49. The summed E-state index contributed by atoms with van der Waals surface area (Å²) in [7, 11) is 4.08. The van der Waals surface area contributed by atoms with E-state index < -0.39 is 5.41 Å². The Bertz CT molecular complexity index is 755. The van der Waals surface area contributed by atoms with Gasteiger partial charge < -0.3 is 19.8 Å². The van der Waals surface area contributed by atoms with Gasteiger partial charge in [0.25, 0.3) is 0 Å². The Morgan fingerprint density at radius 2 is 1.93 bits per heavy atom. The maximum Gasteiger partial charge on any atom is 0.226 e. The molecule has 2 aliphatic heterocycles. The molecule has 1 N–H and O–H groups in total. The highest BCUT2D eigenvalue weighted by Crippen LogP contribution is 2.39. The topological polar surface area (TPSA) is 63.2 Å². The van der Waals surface area contributed by atoms with Crippen LogP contribution >= 0.6 is 0 Å². The number of rotatable bonds is 8. The molecule has 1 amide bonds. The number of oxime groups is 1. The molecule has 0 spiro atoms. The van der Waals surface area contributed by atoms with E-state index in [1.165, 1.54) is 12.1 Å². The van der Waals surface area contributed by atoms with Crippen LogP contribution in [0.1, 0.15) is 45.1 Å². The molecule has 0 aliphatic carbocycles. The molecule has 2 heterocycles. The van der Waals surface area contributed by atoms with E-state index in [-0.39, 0.29) is 23.2 Å². The Balaban J connectivity index is 1.63. The van der Waals surface area contributed by atoms with E-state index in [0.717, 1.165) is 17.8 Å². The summed E-state index contributed by atoms with van der Waals surface area (Å²) in [5.41, 5.74) is 1.13. The molecule has 1 atom stereocenters. The van der Waals surface area contributed by atoms with E-state index in [2.05, 4.69) is 29.2 Å². The minimum absolute atomic E-state index is 0.0196. The van der Waals surface area contributed by atoms with Crippen molar-refractivity contribution in [3.8, 4) is 0 Å². The van der Waals surface area contributed by atoms with Crippen molar-refractivity contribution in [2.24, 2.45) is 16.0 Å². The minimum atomic E-state index is -0.509. The summed E-state index contributed by atoms with van der Waals surface area (Å²) >= 11 is 0. The fraction of sp³-hybridized carbons (Fsp3) is 0.652. The SMILES string of the molecule is CN(C)CC(C)(C)CNC(=O)C1(CC2CC(c3ccc(F)cc3)=NO2)CCOCC1. The van der Waals surface area contributed by atoms with Gasteiger partial charge >= 0.3 is 0 Å². The predicted molar refractivity (Wildman–Crippen MR) is 115 cm³/mol. The normalized spacial score (nSPS) is 21.3. The first-order valence-corrected chi connectivity index (χ1v) is 10.7. The molecule has 166 valence electrons. The number of amides is 1. The van der Waals surface area contributed by atoms with Crippen molar-refractivity contribution in [3.05, 3.63) is 35.6 Å². The fourth-order valence-electron chi connectivity index (χ4n) is 4.49. The van der Waals surface area contributed by atoms with Crippen molar-refractivity contribution in [1.29, 1.82) is 0 Å². The van der Waals surface area contributed by atoms with Gasteiger partial charge in [-0.15, -0.1) is 0 Å². The first kappa shape index (κ1) is 22.7. The van der Waals surface area contributed by atoms with Crippen molar-refractivity contribution in [2.45, 2.75) is 45.6 Å². The molecule has 0 saturated carbocycles. The zero-order chi connectivity index (χ0) is 21.8. The monoisotopic (exact) mass is 419 g/mol. The predicted octanol–water partition coefficient (Wildman–Crippen LogP) is 3.21. The van der Waals surface area contributed by atoms with Crippen LogP contribution in [0.2, 0.25) is 0 Å². The van der Waals surface area contributed by atoms with Crippen molar-refractivity contribution < 1.29 is 18.8 Å². The highest BCUT2D eigenvalue weighted by Gasteiger charge is 2.44. The van der Waals surface area contributed by atoms with E-state index in [4.69, 9.17) is 9.57 Å². The molecule has 1 fully saturated rings. The van der Waals surface area contributed by atoms with Crippen LogP contribution in [0.4, 0.5) is 4.39 Å². The number of nitrogens with one attached hydrogen (secondary N) is 1. The van der Waals surface area contributed by atoms with Gasteiger partial charge in [0.2, 0.25) is 5.91 Å². The van der Waals surface area contributed by atoms with Crippen LogP contribution in [0.3, 0.4) is 0 Å². The lowest BCUT2D eigenvalue weighted by molar-refractivity contribution is -0.140. The quantitative estimate of drug-likeness (QED) is 0.703. The van der Waals surface area contributed by atoms with Crippen LogP contribution < -0.4 is 5.32 Å². The molecule has 0 radical (unpaired) electrons. The second-order valence-corrected chi connectivity index (χ2v) is 9.66. The van der Waals surface area contributed by atoms with Crippen LogP contribution in [-0.2, 0) is 14.4 Å². The third kappa shape index (κ3) is 5.79. The zero-order valence-electron chi connectivity index (χ0n) is 18.5. The highest BCUT2D eigenvalue weighted by atomic mass is 19.1. The molecule has 0 aromatic heterocycles. The zero-order valence-corrected chi connectivity index (χ0v) is 18.5. The average molecular weight is 420 g/mol. The molecule has 6 nitrogen and oxygen atoms in total. The molecule has 1 aromatic rings. The second-order valence-electron chi connectivity index (χ2n) is 9.66. The smallest absolute Gasteiger partial charge is 0.226 e. The largest absolute Gasteiger partial charge is 0.392 e. The number of benzene rings is 1. The summed E-state index contributed by atoms with van der Waals surface area (Å²) < 4.78 is 18.7. The molecule has 1 saturated heterocycles. The standard InChI is InChI=1S/C23H34FN3O3/c1-22(2,16-27(3)4)15-25-21(28)23(9-11-29-12-10-23)14-19-13-20(26-30-19)17-5-7-18(24)8-6-17/h5-8,19H,9-16H2,1-4H3,(H,25,28). The van der Waals surface area contributed by atoms with Gasteiger partial charge in [-0.25, -0.2) is 4.39 Å². The summed E-state index contributed by atoms with van der Waals surface area (Å²) in [4.78, 5) is 21.1. The van der Waals surface area contributed by atoms with Gasteiger partial charge in [0.15, 0.2) is 0 Å². The number of hydrogen-bond donors (Lipinski definition) is 1. The number of carbonyl (C=O) groups excluding carboxylic acids is 1. The third-order valence-electron chi connectivity index (χ3n) is 5.93. The molecule has 1 unspecified atom stereocenters. The van der Waals surface area contributed by atoms with Crippen LogP contribution in [0, 0.1) is 16.6 Å².